The zero-order chi connectivity index (χ0) is 14.7. The Morgan fingerprint density at radius 2 is 1.86 bits per heavy atom. The van der Waals surface area contributed by atoms with E-state index in [1.807, 2.05) is 0 Å². The average Bonchev–Trinajstić information content (AvgIpc) is 2.54. The van der Waals surface area contributed by atoms with Crippen molar-refractivity contribution in [1.29, 1.82) is 0 Å². The molecule has 0 heterocycles. The highest BCUT2D eigenvalue weighted by atomic mass is 32.2. The largest absolute Gasteiger partial charge is 0.276 e. The third-order valence-corrected chi connectivity index (χ3v) is 5.48. The maximum Gasteiger partial charge on any atom is 0.276 e. The molecule has 1 N–H and O–H groups in total. The highest BCUT2D eigenvalue weighted by Crippen LogP contribution is 2.35. The van der Waals surface area contributed by atoms with Crippen LogP contribution in [0.2, 0.25) is 0 Å². The quantitative estimate of drug-likeness (QED) is 0.872. The molecule has 4 nitrogen and oxygen atoms in total. The number of sulfonamides is 1. The Kier molecular flexibility index (Phi) is 4.10. The van der Waals surface area contributed by atoms with E-state index in [2.05, 4.69) is 16.0 Å². The van der Waals surface area contributed by atoms with Crippen molar-refractivity contribution in [2.75, 3.05) is 0 Å². The minimum absolute atomic E-state index is 0.244. The van der Waals surface area contributed by atoms with Gasteiger partial charge >= 0.3 is 0 Å². The highest BCUT2D eigenvalue weighted by molar-refractivity contribution is 7.89. The van der Waals surface area contributed by atoms with E-state index in [1.54, 1.807) is 30.3 Å². The van der Waals surface area contributed by atoms with Gasteiger partial charge in [-0.1, -0.05) is 30.2 Å². The predicted molar refractivity (Wildman–Crippen MR) is 83.5 cm³/mol. The van der Waals surface area contributed by atoms with E-state index < -0.39 is 10.0 Å². The molecule has 21 heavy (non-hydrogen) atoms. The summed E-state index contributed by atoms with van der Waals surface area (Å²) in [6.07, 6.45) is 9.01. The standard InChI is InChI=1S/C16H20N2O2S/c19-21(20,16-8-2-1-3-9-16)18-17-15-11-10-13-6-4-5-7-14(13)12-15/h1-3,8-9,12-13,18H,4-7,10-11H2/b17-15+. The smallest absolute Gasteiger partial charge is 0.200 e. The molecule has 0 saturated heterocycles. The maximum atomic E-state index is 12.1. The van der Waals surface area contributed by atoms with Gasteiger partial charge in [-0.2, -0.15) is 18.4 Å². The summed E-state index contributed by atoms with van der Waals surface area (Å²) in [7, 11) is -3.56. The zero-order valence-electron chi connectivity index (χ0n) is 12.0. The van der Waals surface area contributed by atoms with Crippen molar-refractivity contribution in [3.63, 3.8) is 0 Å². The third kappa shape index (κ3) is 3.35. The fraction of sp³-hybridized carbons (Fsp3) is 0.438. The van der Waals surface area contributed by atoms with Crippen molar-refractivity contribution >= 4 is 15.7 Å². The number of nitrogens with one attached hydrogen (secondary N) is 1. The van der Waals surface area contributed by atoms with E-state index in [1.165, 1.54) is 24.8 Å². The van der Waals surface area contributed by atoms with Crippen LogP contribution < -0.4 is 4.83 Å². The van der Waals surface area contributed by atoms with E-state index in [0.717, 1.165) is 25.0 Å². The molecule has 2 aliphatic carbocycles. The Balaban J connectivity index is 1.75. The summed E-state index contributed by atoms with van der Waals surface area (Å²) in [5, 5.41) is 4.12. The Hall–Kier alpha value is -1.62. The van der Waals surface area contributed by atoms with Crippen LogP contribution >= 0.6 is 0 Å². The normalized spacial score (nSPS) is 24.3. The average molecular weight is 304 g/mol. The van der Waals surface area contributed by atoms with Gasteiger partial charge < -0.3 is 0 Å². The number of nitrogens with zero attached hydrogens (tertiary/aromatic N) is 1. The highest BCUT2D eigenvalue weighted by Gasteiger charge is 2.23. The second-order valence-corrected chi connectivity index (χ2v) is 7.37. The fourth-order valence-electron chi connectivity index (χ4n) is 3.10. The summed E-state index contributed by atoms with van der Waals surface area (Å²) in [6.45, 7) is 0. The van der Waals surface area contributed by atoms with Gasteiger partial charge in [0.05, 0.1) is 10.6 Å². The fourth-order valence-corrected chi connectivity index (χ4v) is 3.95. The van der Waals surface area contributed by atoms with E-state index in [-0.39, 0.29) is 4.90 Å². The van der Waals surface area contributed by atoms with Crippen LogP contribution in [0.25, 0.3) is 0 Å². The van der Waals surface area contributed by atoms with Crippen LogP contribution in [0.4, 0.5) is 0 Å². The van der Waals surface area contributed by atoms with Crippen molar-refractivity contribution in [3.8, 4) is 0 Å². The van der Waals surface area contributed by atoms with Crippen LogP contribution in [0, 0.1) is 5.92 Å². The summed E-state index contributed by atoms with van der Waals surface area (Å²) < 4.78 is 24.2. The van der Waals surface area contributed by atoms with Crippen molar-refractivity contribution in [3.05, 3.63) is 42.0 Å². The van der Waals surface area contributed by atoms with Crippen molar-refractivity contribution in [2.24, 2.45) is 11.0 Å². The molecule has 1 atom stereocenters. The molecule has 1 aromatic rings. The molecule has 0 aromatic heterocycles. The van der Waals surface area contributed by atoms with Crippen LogP contribution in [0.1, 0.15) is 38.5 Å². The molecule has 1 unspecified atom stereocenters. The molecule has 0 aliphatic heterocycles. The van der Waals surface area contributed by atoms with Gasteiger partial charge in [-0.3, -0.25) is 0 Å². The lowest BCUT2D eigenvalue weighted by atomic mass is 9.77. The van der Waals surface area contributed by atoms with Gasteiger partial charge in [0.2, 0.25) is 0 Å². The number of fused-ring (bicyclic) bond motifs is 1. The summed E-state index contributed by atoms with van der Waals surface area (Å²) in [5.74, 6) is 0.698. The summed E-state index contributed by atoms with van der Waals surface area (Å²) in [4.78, 5) is 2.60. The molecule has 1 fully saturated rings. The number of rotatable bonds is 3. The molecule has 112 valence electrons. The number of hydrazone groups is 1. The third-order valence-electron chi connectivity index (χ3n) is 4.26. The van der Waals surface area contributed by atoms with Crippen LogP contribution in [0.15, 0.2) is 52.0 Å². The van der Waals surface area contributed by atoms with Crippen LogP contribution in [0.5, 0.6) is 0 Å². The number of hydrogen-bond acceptors (Lipinski definition) is 3. The van der Waals surface area contributed by atoms with Gasteiger partial charge in [0.1, 0.15) is 0 Å². The van der Waals surface area contributed by atoms with Crippen LogP contribution in [-0.4, -0.2) is 14.1 Å². The molecule has 0 bridgehead atoms. The molecular formula is C16H20N2O2S. The van der Waals surface area contributed by atoms with Gasteiger partial charge in [0.25, 0.3) is 10.0 Å². The second kappa shape index (κ2) is 6.02. The van der Waals surface area contributed by atoms with Gasteiger partial charge in [0.15, 0.2) is 0 Å². The maximum absolute atomic E-state index is 12.1. The number of hydrogen-bond donors (Lipinski definition) is 1. The first-order valence-electron chi connectivity index (χ1n) is 7.49. The lowest BCUT2D eigenvalue weighted by Gasteiger charge is -2.29. The predicted octanol–water partition coefficient (Wildman–Crippen LogP) is 3.23. The molecule has 0 radical (unpaired) electrons. The lowest BCUT2D eigenvalue weighted by molar-refractivity contribution is 0.428. The molecule has 2 aliphatic rings. The van der Waals surface area contributed by atoms with E-state index in [4.69, 9.17) is 0 Å². The van der Waals surface area contributed by atoms with Crippen LogP contribution in [-0.2, 0) is 10.0 Å². The number of allylic oxidation sites excluding steroid dienone is 2. The minimum atomic E-state index is -3.56. The van der Waals surface area contributed by atoms with E-state index >= 15 is 0 Å². The molecule has 1 saturated carbocycles. The van der Waals surface area contributed by atoms with Crippen LogP contribution in [0.3, 0.4) is 0 Å². The Morgan fingerprint density at radius 1 is 1.05 bits per heavy atom. The first-order valence-corrected chi connectivity index (χ1v) is 8.97. The molecule has 0 amide bonds. The molecule has 5 heteroatoms. The molecule has 0 spiro atoms. The topological polar surface area (TPSA) is 58.5 Å². The van der Waals surface area contributed by atoms with E-state index in [0.29, 0.717) is 5.92 Å². The summed E-state index contributed by atoms with van der Waals surface area (Å²) >= 11 is 0. The monoisotopic (exact) mass is 304 g/mol. The summed E-state index contributed by atoms with van der Waals surface area (Å²) in [5.41, 5.74) is 2.30. The minimum Gasteiger partial charge on any atom is -0.200 e. The summed E-state index contributed by atoms with van der Waals surface area (Å²) in [6, 6.07) is 8.34. The van der Waals surface area contributed by atoms with Crippen molar-refractivity contribution < 1.29 is 8.42 Å². The zero-order valence-corrected chi connectivity index (χ0v) is 12.8. The number of benzene rings is 1. The van der Waals surface area contributed by atoms with Crippen molar-refractivity contribution in [1.82, 2.24) is 4.83 Å². The Labute approximate surface area is 126 Å². The Morgan fingerprint density at radius 3 is 2.67 bits per heavy atom. The molecule has 3 rings (SSSR count). The molecular weight excluding hydrogens is 284 g/mol. The van der Waals surface area contributed by atoms with Gasteiger partial charge in [0, 0.05) is 0 Å². The van der Waals surface area contributed by atoms with Gasteiger partial charge in [-0.25, -0.2) is 0 Å². The second-order valence-electron chi connectivity index (χ2n) is 5.71. The van der Waals surface area contributed by atoms with Crippen molar-refractivity contribution in [2.45, 2.75) is 43.4 Å². The lowest BCUT2D eigenvalue weighted by Crippen LogP contribution is -2.23. The van der Waals surface area contributed by atoms with E-state index in [9.17, 15) is 8.42 Å². The SMILES string of the molecule is O=S(=O)(N/N=C1/C=C2CCCCC2CC1)c1ccccc1. The Bertz CT molecular complexity index is 663. The van der Waals surface area contributed by atoms with Gasteiger partial charge in [-0.05, 0) is 56.2 Å². The first kappa shape index (κ1) is 14.3. The van der Waals surface area contributed by atoms with Gasteiger partial charge in [-0.15, -0.1) is 0 Å². The first-order chi connectivity index (χ1) is 10.1. The molecule has 1 aromatic carbocycles.